The monoisotopic (exact) mass is 273 g/mol. The zero-order chi connectivity index (χ0) is 13.4. The fraction of sp³-hybridized carbons (Fsp3) is 1.00. The minimum atomic E-state index is -2.86. The molecule has 0 spiro atoms. The van der Waals surface area contributed by atoms with E-state index >= 15 is 0 Å². The van der Waals surface area contributed by atoms with Crippen molar-refractivity contribution in [2.24, 2.45) is 5.41 Å². The van der Waals surface area contributed by atoms with Crippen LogP contribution in [0.3, 0.4) is 0 Å². The Morgan fingerprint density at radius 2 is 1.83 bits per heavy atom. The minimum absolute atomic E-state index is 0.113. The Hall–Kier alpha value is -0.0900. The van der Waals surface area contributed by atoms with Crippen molar-refractivity contribution >= 4 is 9.84 Å². The third-order valence-corrected chi connectivity index (χ3v) is 6.31. The Morgan fingerprint density at radius 3 is 2.39 bits per heavy atom. The van der Waals surface area contributed by atoms with Crippen LogP contribution in [0.15, 0.2) is 0 Å². The van der Waals surface area contributed by atoms with Gasteiger partial charge in [0.2, 0.25) is 0 Å². The van der Waals surface area contributed by atoms with E-state index in [1.54, 1.807) is 0 Å². The Bertz CT molecular complexity index is 389. The Kier molecular flexibility index (Phi) is 4.07. The van der Waals surface area contributed by atoms with Gasteiger partial charge in [-0.2, -0.15) is 0 Å². The van der Waals surface area contributed by atoms with Gasteiger partial charge in [0, 0.05) is 18.3 Å². The number of sulfone groups is 1. The first-order chi connectivity index (χ1) is 8.26. The third-order valence-electron chi connectivity index (χ3n) is 4.67. The van der Waals surface area contributed by atoms with Gasteiger partial charge in [0.05, 0.1) is 5.25 Å². The summed E-state index contributed by atoms with van der Waals surface area (Å²) in [5.74, 6) is 0. The fourth-order valence-electron chi connectivity index (χ4n) is 3.60. The second-order valence-electron chi connectivity index (χ2n) is 7.09. The van der Waals surface area contributed by atoms with Crippen molar-refractivity contribution in [3.8, 4) is 0 Å². The molecule has 0 aliphatic heterocycles. The Morgan fingerprint density at radius 1 is 1.11 bits per heavy atom. The molecule has 0 aromatic rings. The lowest BCUT2D eigenvalue weighted by molar-refractivity contribution is 0.315. The summed E-state index contributed by atoms with van der Waals surface area (Å²) in [6.45, 7) is 4.66. The summed E-state index contributed by atoms with van der Waals surface area (Å²) in [4.78, 5) is 0. The molecule has 2 aliphatic rings. The smallest absolute Gasteiger partial charge is 0.150 e. The topological polar surface area (TPSA) is 46.2 Å². The first kappa shape index (κ1) is 14.3. The lowest BCUT2D eigenvalue weighted by Crippen LogP contribution is -2.43. The van der Waals surface area contributed by atoms with Gasteiger partial charge < -0.3 is 5.32 Å². The molecule has 1 N–H and O–H groups in total. The molecular formula is C14H27NO2S. The van der Waals surface area contributed by atoms with E-state index in [2.05, 4.69) is 19.2 Å². The largest absolute Gasteiger partial charge is 0.311 e. The van der Waals surface area contributed by atoms with Gasteiger partial charge in [-0.15, -0.1) is 0 Å². The first-order valence-electron chi connectivity index (χ1n) is 7.21. The van der Waals surface area contributed by atoms with E-state index in [0.29, 0.717) is 17.5 Å². The highest BCUT2D eigenvalue weighted by molar-refractivity contribution is 7.91. The second kappa shape index (κ2) is 5.12. The van der Waals surface area contributed by atoms with Crippen LogP contribution in [-0.2, 0) is 9.84 Å². The van der Waals surface area contributed by atoms with Crippen LogP contribution >= 0.6 is 0 Å². The molecule has 0 saturated heterocycles. The van der Waals surface area contributed by atoms with Gasteiger partial charge in [0.25, 0.3) is 0 Å². The van der Waals surface area contributed by atoms with Gasteiger partial charge in [-0.3, -0.25) is 0 Å². The van der Waals surface area contributed by atoms with Crippen LogP contribution in [0.4, 0.5) is 0 Å². The SMILES string of the molecule is CC1(C)CCC(NC2CCCC(S(C)(=O)=O)C2)C1. The maximum absolute atomic E-state index is 11.6. The molecule has 0 bridgehead atoms. The second-order valence-corrected chi connectivity index (χ2v) is 9.41. The summed E-state index contributed by atoms with van der Waals surface area (Å²) in [6, 6.07) is 1.01. The van der Waals surface area contributed by atoms with Crippen LogP contribution in [0.5, 0.6) is 0 Å². The summed E-state index contributed by atoms with van der Waals surface area (Å²) in [7, 11) is -2.86. The van der Waals surface area contributed by atoms with Gasteiger partial charge in [-0.1, -0.05) is 20.3 Å². The highest BCUT2D eigenvalue weighted by Crippen LogP contribution is 2.37. The van der Waals surface area contributed by atoms with Crippen molar-refractivity contribution in [2.45, 2.75) is 76.1 Å². The molecule has 4 heteroatoms. The minimum Gasteiger partial charge on any atom is -0.311 e. The van der Waals surface area contributed by atoms with E-state index in [4.69, 9.17) is 0 Å². The standard InChI is InChI=1S/C14H27NO2S/c1-14(2)8-7-12(10-14)15-11-5-4-6-13(9-11)18(3,16)17/h11-13,15H,4-10H2,1-3H3. The zero-order valence-corrected chi connectivity index (χ0v) is 12.7. The summed E-state index contributed by atoms with van der Waals surface area (Å²) in [6.07, 6.45) is 9.00. The molecule has 2 fully saturated rings. The van der Waals surface area contributed by atoms with Crippen molar-refractivity contribution in [1.29, 1.82) is 0 Å². The molecule has 0 amide bonds. The molecule has 0 aromatic carbocycles. The number of hydrogen-bond acceptors (Lipinski definition) is 3. The van der Waals surface area contributed by atoms with E-state index in [1.807, 2.05) is 0 Å². The summed E-state index contributed by atoms with van der Waals surface area (Å²) < 4.78 is 23.3. The van der Waals surface area contributed by atoms with Crippen molar-refractivity contribution in [2.75, 3.05) is 6.26 Å². The highest BCUT2D eigenvalue weighted by atomic mass is 32.2. The first-order valence-corrected chi connectivity index (χ1v) is 9.17. The highest BCUT2D eigenvalue weighted by Gasteiger charge is 2.34. The van der Waals surface area contributed by atoms with Crippen molar-refractivity contribution in [3.63, 3.8) is 0 Å². The van der Waals surface area contributed by atoms with Gasteiger partial charge in [-0.25, -0.2) is 8.42 Å². The molecule has 2 rings (SSSR count). The normalized spacial score (nSPS) is 36.7. The molecule has 2 aliphatic carbocycles. The van der Waals surface area contributed by atoms with Crippen LogP contribution in [0.25, 0.3) is 0 Å². The van der Waals surface area contributed by atoms with Gasteiger partial charge in [-0.05, 0) is 43.9 Å². The zero-order valence-electron chi connectivity index (χ0n) is 11.9. The van der Waals surface area contributed by atoms with Gasteiger partial charge in [0.15, 0.2) is 0 Å². The third kappa shape index (κ3) is 3.70. The van der Waals surface area contributed by atoms with E-state index in [-0.39, 0.29) is 5.25 Å². The molecular weight excluding hydrogens is 246 g/mol. The van der Waals surface area contributed by atoms with Crippen LogP contribution < -0.4 is 5.32 Å². The average molecular weight is 273 g/mol. The summed E-state index contributed by atoms with van der Waals surface area (Å²) >= 11 is 0. The van der Waals surface area contributed by atoms with Crippen LogP contribution in [-0.4, -0.2) is 32.0 Å². The van der Waals surface area contributed by atoms with Crippen molar-refractivity contribution in [1.82, 2.24) is 5.32 Å². The van der Waals surface area contributed by atoms with Crippen LogP contribution in [0, 0.1) is 5.41 Å². The molecule has 0 radical (unpaired) electrons. The quantitative estimate of drug-likeness (QED) is 0.859. The summed E-state index contributed by atoms with van der Waals surface area (Å²) in [5.41, 5.74) is 0.461. The molecule has 3 unspecified atom stereocenters. The van der Waals surface area contributed by atoms with Gasteiger partial charge in [0.1, 0.15) is 9.84 Å². The number of rotatable bonds is 3. The maximum atomic E-state index is 11.6. The van der Waals surface area contributed by atoms with Crippen LogP contribution in [0.2, 0.25) is 0 Å². The average Bonchev–Trinajstić information content (AvgIpc) is 2.57. The predicted molar refractivity (Wildman–Crippen MR) is 75.4 cm³/mol. The van der Waals surface area contributed by atoms with Crippen molar-refractivity contribution in [3.05, 3.63) is 0 Å². The number of hydrogen-bond donors (Lipinski definition) is 1. The Labute approximate surface area is 112 Å². The molecule has 0 aromatic heterocycles. The fourth-order valence-corrected chi connectivity index (χ4v) is 4.77. The van der Waals surface area contributed by atoms with E-state index in [1.165, 1.54) is 25.5 Å². The lowest BCUT2D eigenvalue weighted by atomic mass is 9.91. The van der Waals surface area contributed by atoms with Crippen molar-refractivity contribution < 1.29 is 8.42 Å². The molecule has 3 atom stereocenters. The molecule has 18 heavy (non-hydrogen) atoms. The molecule has 106 valence electrons. The molecule has 0 heterocycles. The van der Waals surface area contributed by atoms with E-state index < -0.39 is 9.84 Å². The maximum Gasteiger partial charge on any atom is 0.150 e. The molecule has 2 saturated carbocycles. The lowest BCUT2D eigenvalue weighted by Gasteiger charge is -2.31. The van der Waals surface area contributed by atoms with Crippen LogP contribution in [0.1, 0.15) is 58.8 Å². The van der Waals surface area contributed by atoms with Gasteiger partial charge >= 0.3 is 0 Å². The number of nitrogens with one attached hydrogen (secondary N) is 1. The van der Waals surface area contributed by atoms with E-state index in [9.17, 15) is 8.42 Å². The van der Waals surface area contributed by atoms with E-state index in [0.717, 1.165) is 25.7 Å². The Balaban J connectivity index is 1.87. The summed E-state index contributed by atoms with van der Waals surface area (Å²) in [5, 5.41) is 3.60. The predicted octanol–water partition coefficient (Wildman–Crippen LogP) is 2.51. The molecule has 3 nitrogen and oxygen atoms in total.